The first-order chi connectivity index (χ1) is 12.1. The van der Waals surface area contributed by atoms with E-state index < -0.39 is 11.8 Å². The van der Waals surface area contributed by atoms with Gasteiger partial charge >= 0.3 is 6.03 Å². The van der Waals surface area contributed by atoms with Gasteiger partial charge in [-0.3, -0.25) is 9.78 Å². The highest BCUT2D eigenvalue weighted by molar-refractivity contribution is 5.89. The predicted molar refractivity (Wildman–Crippen MR) is 91.2 cm³/mol. The minimum Gasteiger partial charge on any atom is -0.338 e. The lowest BCUT2D eigenvalue weighted by molar-refractivity contribution is -0.128. The van der Waals surface area contributed by atoms with E-state index in [1.165, 1.54) is 12.3 Å². The molecule has 1 aromatic carbocycles. The summed E-state index contributed by atoms with van der Waals surface area (Å²) in [5, 5.41) is 5.12. The van der Waals surface area contributed by atoms with Crippen molar-refractivity contribution in [2.45, 2.75) is 13.0 Å². The first-order valence-electron chi connectivity index (χ1n) is 8.08. The van der Waals surface area contributed by atoms with E-state index in [2.05, 4.69) is 15.6 Å². The van der Waals surface area contributed by atoms with Gasteiger partial charge in [-0.2, -0.15) is 0 Å². The number of rotatable bonds is 5. The van der Waals surface area contributed by atoms with Crippen molar-refractivity contribution in [3.8, 4) is 0 Å². The molecule has 0 aliphatic carbocycles. The zero-order valence-electron chi connectivity index (χ0n) is 13.6. The number of halogens is 1. The van der Waals surface area contributed by atoms with Gasteiger partial charge in [0.05, 0.1) is 11.9 Å². The van der Waals surface area contributed by atoms with Gasteiger partial charge in [-0.15, -0.1) is 0 Å². The molecule has 1 atom stereocenters. The second kappa shape index (κ2) is 7.74. The number of carbonyl (C=O) groups excluding carboxylic acids is 2. The maximum atomic E-state index is 13.4. The zero-order valence-corrected chi connectivity index (χ0v) is 13.6. The highest BCUT2D eigenvalue weighted by Gasteiger charge is 2.29. The molecule has 1 aromatic heterocycles. The molecule has 0 bridgehead atoms. The molecule has 1 aliphatic rings. The number of amides is 3. The number of aromatic nitrogens is 1. The van der Waals surface area contributed by atoms with Crippen LogP contribution in [0.3, 0.4) is 0 Å². The number of hydrogen-bond acceptors (Lipinski definition) is 3. The Morgan fingerprint density at radius 2 is 2.08 bits per heavy atom. The molecule has 2 aromatic rings. The second-order valence-electron chi connectivity index (χ2n) is 6.02. The van der Waals surface area contributed by atoms with Crippen LogP contribution in [0.2, 0.25) is 0 Å². The van der Waals surface area contributed by atoms with E-state index in [4.69, 9.17) is 0 Å². The lowest BCUT2D eigenvalue weighted by atomic mass is 10.1. The molecule has 25 heavy (non-hydrogen) atoms. The SMILES string of the molecule is O=C(NCC1CC(=O)N(Cc2ccccc2)C1)Nc1ccncc1F. The van der Waals surface area contributed by atoms with Gasteiger partial charge < -0.3 is 15.5 Å². The maximum Gasteiger partial charge on any atom is 0.319 e. The molecule has 130 valence electrons. The molecule has 2 heterocycles. The summed E-state index contributed by atoms with van der Waals surface area (Å²) in [6.07, 6.45) is 2.83. The van der Waals surface area contributed by atoms with Crippen molar-refractivity contribution in [3.05, 3.63) is 60.2 Å². The molecule has 0 saturated carbocycles. The minimum atomic E-state index is -0.595. The predicted octanol–water partition coefficient (Wildman–Crippen LogP) is 2.39. The number of nitrogens with zero attached hydrogens (tertiary/aromatic N) is 2. The lowest BCUT2D eigenvalue weighted by Crippen LogP contribution is -2.34. The van der Waals surface area contributed by atoms with Crippen molar-refractivity contribution in [2.24, 2.45) is 5.92 Å². The highest BCUT2D eigenvalue weighted by atomic mass is 19.1. The molecule has 7 heteroatoms. The third-order valence-corrected chi connectivity index (χ3v) is 4.08. The van der Waals surface area contributed by atoms with Gasteiger partial charge in [0.25, 0.3) is 0 Å². The first-order valence-corrected chi connectivity index (χ1v) is 8.08. The molecule has 3 amide bonds. The van der Waals surface area contributed by atoms with Crippen molar-refractivity contribution in [1.29, 1.82) is 0 Å². The Morgan fingerprint density at radius 1 is 1.28 bits per heavy atom. The number of anilines is 1. The van der Waals surface area contributed by atoms with Crippen LogP contribution in [-0.2, 0) is 11.3 Å². The summed E-state index contributed by atoms with van der Waals surface area (Å²) in [5.74, 6) is -0.469. The van der Waals surface area contributed by atoms with Crippen LogP contribution < -0.4 is 10.6 Å². The van der Waals surface area contributed by atoms with Crippen LogP contribution in [0.1, 0.15) is 12.0 Å². The third kappa shape index (κ3) is 4.53. The number of carbonyl (C=O) groups is 2. The van der Waals surface area contributed by atoms with Crippen LogP contribution in [-0.4, -0.2) is 34.9 Å². The van der Waals surface area contributed by atoms with Crippen molar-refractivity contribution in [1.82, 2.24) is 15.2 Å². The van der Waals surface area contributed by atoms with Crippen molar-refractivity contribution in [2.75, 3.05) is 18.4 Å². The summed E-state index contributed by atoms with van der Waals surface area (Å²) < 4.78 is 13.4. The molecule has 1 saturated heterocycles. The molecular formula is C18H19FN4O2. The summed E-state index contributed by atoms with van der Waals surface area (Å²) >= 11 is 0. The highest BCUT2D eigenvalue weighted by Crippen LogP contribution is 2.19. The third-order valence-electron chi connectivity index (χ3n) is 4.08. The fourth-order valence-corrected chi connectivity index (χ4v) is 2.83. The molecule has 2 N–H and O–H groups in total. The Labute approximate surface area is 145 Å². The fraction of sp³-hybridized carbons (Fsp3) is 0.278. The molecule has 3 rings (SSSR count). The van der Waals surface area contributed by atoms with E-state index in [0.29, 0.717) is 26.1 Å². The minimum absolute atomic E-state index is 0.0456. The van der Waals surface area contributed by atoms with Crippen LogP contribution >= 0.6 is 0 Å². The summed E-state index contributed by atoms with van der Waals surface area (Å²) in [6.45, 7) is 1.53. The van der Waals surface area contributed by atoms with E-state index in [1.54, 1.807) is 4.90 Å². The number of likely N-dealkylation sites (tertiary alicyclic amines) is 1. The summed E-state index contributed by atoms with van der Waals surface area (Å²) in [4.78, 5) is 29.4. The van der Waals surface area contributed by atoms with Crippen molar-refractivity contribution < 1.29 is 14.0 Å². The van der Waals surface area contributed by atoms with Gasteiger partial charge in [-0.05, 0) is 11.6 Å². The largest absolute Gasteiger partial charge is 0.338 e. The van der Waals surface area contributed by atoms with Gasteiger partial charge in [0, 0.05) is 38.2 Å². The van der Waals surface area contributed by atoms with Crippen molar-refractivity contribution in [3.63, 3.8) is 0 Å². The molecule has 0 spiro atoms. The van der Waals surface area contributed by atoms with Gasteiger partial charge in [-0.1, -0.05) is 30.3 Å². The summed E-state index contributed by atoms with van der Waals surface area (Å²) in [6, 6.07) is 10.7. The van der Waals surface area contributed by atoms with E-state index >= 15 is 0 Å². The Hall–Kier alpha value is -2.96. The molecule has 0 radical (unpaired) electrons. The molecule has 1 aliphatic heterocycles. The second-order valence-corrected chi connectivity index (χ2v) is 6.02. The van der Waals surface area contributed by atoms with E-state index in [9.17, 15) is 14.0 Å². The van der Waals surface area contributed by atoms with Crippen LogP contribution in [0.5, 0.6) is 0 Å². The van der Waals surface area contributed by atoms with Gasteiger partial charge in [0.15, 0.2) is 5.82 Å². The summed E-state index contributed by atoms with van der Waals surface area (Å²) in [7, 11) is 0. The van der Waals surface area contributed by atoms with Crippen LogP contribution in [0.4, 0.5) is 14.9 Å². The molecule has 1 fully saturated rings. The number of hydrogen-bond donors (Lipinski definition) is 2. The Bertz CT molecular complexity index is 754. The quantitative estimate of drug-likeness (QED) is 0.876. The van der Waals surface area contributed by atoms with E-state index in [-0.39, 0.29) is 17.5 Å². The van der Waals surface area contributed by atoms with Gasteiger partial charge in [0.2, 0.25) is 5.91 Å². The topological polar surface area (TPSA) is 74.3 Å². The standard InChI is InChI=1S/C18H19FN4O2/c19-15-10-20-7-6-16(15)22-18(25)21-9-14-8-17(24)23(12-14)11-13-4-2-1-3-5-13/h1-7,10,14H,8-9,11-12H2,(H2,20,21,22,25). The van der Waals surface area contributed by atoms with Crippen LogP contribution in [0, 0.1) is 11.7 Å². The normalized spacial score (nSPS) is 16.8. The molecule has 6 nitrogen and oxygen atoms in total. The average Bonchev–Trinajstić information content (AvgIpc) is 2.96. The lowest BCUT2D eigenvalue weighted by Gasteiger charge is -2.17. The van der Waals surface area contributed by atoms with Crippen LogP contribution in [0.15, 0.2) is 48.8 Å². The number of pyridine rings is 1. The monoisotopic (exact) mass is 342 g/mol. The van der Waals surface area contributed by atoms with E-state index in [1.807, 2.05) is 30.3 Å². The fourth-order valence-electron chi connectivity index (χ4n) is 2.83. The molecule has 1 unspecified atom stereocenters. The zero-order chi connectivity index (χ0) is 17.6. The Kier molecular flexibility index (Phi) is 5.23. The smallest absolute Gasteiger partial charge is 0.319 e. The first kappa shape index (κ1) is 16.9. The van der Waals surface area contributed by atoms with Gasteiger partial charge in [-0.25, -0.2) is 9.18 Å². The number of benzene rings is 1. The van der Waals surface area contributed by atoms with Crippen LogP contribution in [0.25, 0.3) is 0 Å². The Morgan fingerprint density at radius 3 is 2.84 bits per heavy atom. The number of urea groups is 1. The molecular weight excluding hydrogens is 323 g/mol. The van der Waals surface area contributed by atoms with E-state index in [0.717, 1.165) is 11.8 Å². The van der Waals surface area contributed by atoms with Crippen molar-refractivity contribution >= 4 is 17.6 Å². The summed E-state index contributed by atoms with van der Waals surface area (Å²) in [5.41, 5.74) is 1.15. The maximum absolute atomic E-state index is 13.4. The van der Waals surface area contributed by atoms with Gasteiger partial charge in [0.1, 0.15) is 0 Å². The Balaban J connectivity index is 1.47. The number of nitrogens with one attached hydrogen (secondary N) is 2. The average molecular weight is 342 g/mol.